The molecule has 1 fully saturated rings. The molecule has 3 N–H and O–H groups in total. The van der Waals surface area contributed by atoms with Gasteiger partial charge in [0.2, 0.25) is 5.91 Å². The van der Waals surface area contributed by atoms with E-state index in [-0.39, 0.29) is 5.91 Å². The van der Waals surface area contributed by atoms with Crippen LogP contribution in [-0.4, -0.2) is 48.1 Å². The summed E-state index contributed by atoms with van der Waals surface area (Å²) in [6, 6.07) is -0.746. The third-order valence-electron chi connectivity index (χ3n) is 2.88. The molecule has 0 radical (unpaired) electrons. The number of carboxylic acids is 1. The summed E-state index contributed by atoms with van der Waals surface area (Å²) in [5.74, 6) is -0.00321. The van der Waals surface area contributed by atoms with Crippen LogP contribution < -0.4 is 10.6 Å². The number of carbonyl (C=O) groups is 2. The van der Waals surface area contributed by atoms with Crippen molar-refractivity contribution in [2.24, 2.45) is 5.92 Å². The summed E-state index contributed by atoms with van der Waals surface area (Å²) in [6.45, 7) is 1.81. The first kappa shape index (κ1) is 14.3. The van der Waals surface area contributed by atoms with E-state index in [4.69, 9.17) is 5.11 Å². The van der Waals surface area contributed by atoms with Crippen LogP contribution in [0.1, 0.15) is 19.3 Å². The van der Waals surface area contributed by atoms with Gasteiger partial charge in [0.1, 0.15) is 6.04 Å². The highest BCUT2D eigenvalue weighted by Gasteiger charge is 2.22. The van der Waals surface area contributed by atoms with Gasteiger partial charge in [0.05, 0.1) is 0 Å². The largest absolute Gasteiger partial charge is 0.480 e. The standard InChI is InChI=1S/C11H20N2O3S/c1-17-5-3-9(11(15)16)13-10(14)6-8-2-4-12-7-8/h8-9,12H,2-7H2,1H3,(H,13,14)(H,15,16)/t8?,9-/m0/s1. The van der Waals surface area contributed by atoms with Crippen LogP contribution in [0.5, 0.6) is 0 Å². The van der Waals surface area contributed by atoms with Crippen LogP contribution in [-0.2, 0) is 9.59 Å². The van der Waals surface area contributed by atoms with Gasteiger partial charge in [0.25, 0.3) is 0 Å². The molecule has 5 nitrogen and oxygen atoms in total. The van der Waals surface area contributed by atoms with E-state index in [9.17, 15) is 9.59 Å². The predicted octanol–water partition coefficient (Wildman–Crippen LogP) is 0.309. The van der Waals surface area contributed by atoms with E-state index in [1.54, 1.807) is 11.8 Å². The lowest BCUT2D eigenvalue weighted by Crippen LogP contribution is -2.41. The zero-order valence-corrected chi connectivity index (χ0v) is 10.9. The van der Waals surface area contributed by atoms with E-state index in [1.165, 1.54) is 0 Å². The molecule has 0 aliphatic carbocycles. The highest BCUT2D eigenvalue weighted by molar-refractivity contribution is 7.98. The summed E-state index contributed by atoms with van der Waals surface area (Å²) in [5, 5.41) is 14.8. The second-order valence-corrected chi connectivity index (χ2v) is 5.29. The summed E-state index contributed by atoms with van der Waals surface area (Å²) in [6.07, 6.45) is 3.82. The third-order valence-corrected chi connectivity index (χ3v) is 3.52. The van der Waals surface area contributed by atoms with Gasteiger partial charge in [0.15, 0.2) is 0 Å². The minimum Gasteiger partial charge on any atom is -0.480 e. The SMILES string of the molecule is CSCC[C@H](NC(=O)CC1CCNC1)C(=O)O. The van der Waals surface area contributed by atoms with Gasteiger partial charge >= 0.3 is 5.97 Å². The van der Waals surface area contributed by atoms with Crippen molar-refractivity contribution in [2.75, 3.05) is 25.1 Å². The van der Waals surface area contributed by atoms with Gasteiger partial charge in [-0.25, -0.2) is 4.79 Å². The molecule has 1 heterocycles. The monoisotopic (exact) mass is 260 g/mol. The zero-order chi connectivity index (χ0) is 12.7. The van der Waals surface area contributed by atoms with Crippen molar-refractivity contribution in [1.29, 1.82) is 0 Å². The molecule has 2 atom stereocenters. The Kier molecular flexibility index (Phi) is 6.36. The summed E-state index contributed by atoms with van der Waals surface area (Å²) >= 11 is 1.58. The maximum absolute atomic E-state index is 11.7. The van der Waals surface area contributed by atoms with Gasteiger partial charge in [-0.1, -0.05) is 0 Å². The van der Waals surface area contributed by atoms with Crippen LogP contribution in [0, 0.1) is 5.92 Å². The Morgan fingerprint density at radius 3 is 2.88 bits per heavy atom. The molecule has 1 aliphatic heterocycles. The topological polar surface area (TPSA) is 78.4 Å². The molecule has 1 amide bonds. The highest BCUT2D eigenvalue weighted by Crippen LogP contribution is 2.12. The van der Waals surface area contributed by atoms with Crippen molar-refractivity contribution in [3.8, 4) is 0 Å². The molecule has 1 unspecified atom stereocenters. The Hall–Kier alpha value is -0.750. The van der Waals surface area contributed by atoms with Crippen LogP contribution in [0.15, 0.2) is 0 Å². The van der Waals surface area contributed by atoms with E-state index >= 15 is 0 Å². The first-order chi connectivity index (χ1) is 8.13. The lowest BCUT2D eigenvalue weighted by molar-refractivity contribution is -0.142. The van der Waals surface area contributed by atoms with Crippen molar-refractivity contribution in [2.45, 2.75) is 25.3 Å². The number of hydrogen-bond donors (Lipinski definition) is 3. The van der Waals surface area contributed by atoms with Gasteiger partial charge in [0, 0.05) is 6.42 Å². The Morgan fingerprint density at radius 2 is 2.35 bits per heavy atom. The second-order valence-electron chi connectivity index (χ2n) is 4.30. The van der Waals surface area contributed by atoms with Crippen LogP contribution in [0.4, 0.5) is 0 Å². The van der Waals surface area contributed by atoms with Gasteiger partial charge in [-0.05, 0) is 43.9 Å². The number of nitrogens with one attached hydrogen (secondary N) is 2. The first-order valence-electron chi connectivity index (χ1n) is 5.85. The van der Waals surface area contributed by atoms with E-state index in [0.717, 1.165) is 25.3 Å². The lowest BCUT2D eigenvalue weighted by Gasteiger charge is -2.15. The molecular formula is C11H20N2O3S. The molecule has 0 aromatic rings. The molecule has 0 aromatic heterocycles. The molecule has 0 saturated carbocycles. The number of carboxylic acid groups (broad SMARTS) is 1. The van der Waals surface area contributed by atoms with E-state index in [2.05, 4.69) is 10.6 Å². The zero-order valence-electron chi connectivity index (χ0n) is 10.1. The molecule has 17 heavy (non-hydrogen) atoms. The van der Waals surface area contributed by atoms with Crippen molar-refractivity contribution < 1.29 is 14.7 Å². The Labute approximate surface area is 106 Å². The van der Waals surface area contributed by atoms with Crippen molar-refractivity contribution in [3.63, 3.8) is 0 Å². The van der Waals surface area contributed by atoms with E-state index in [1.807, 2.05) is 6.26 Å². The quantitative estimate of drug-likeness (QED) is 0.614. The first-order valence-corrected chi connectivity index (χ1v) is 7.24. The molecule has 0 aromatic carbocycles. The number of aliphatic carboxylic acids is 1. The molecular weight excluding hydrogens is 240 g/mol. The third kappa shape index (κ3) is 5.41. The fraction of sp³-hybridized carbons (Fsp3) is 0.818. The number of hydrogen-bond acceptors (Lipinski definition) is 4. The van der Waals surface area contributed by atoms with E-state index in [0.29, 0.717) is 18.8 Å². The maximum atomic E-state index is 11.7. The number of thioether (sulfide) groups is 1. The Balaban J connectivity index is 2.32. The smallest absolute Gasteiger partial charge is 0.326 e. The molecule has 1 saturated heterocycles. The molecule has 1 rings (SSSR count). The lowest BCUT2D eigenvalue weighted by atomic mass is 10.0. The van der Waals surface area contributed by atoms with E-state index < -0.39 is 12.0 Å². The molecule has 1 aliphatic rings. The van der Waals surface area contributed by atoms with Crippen LogP contribution >= 0.6 is 11.8 Å². The Bertz CT molecular complexity index is 267. The average molecular weight is 260 g/mol. The normalized spacial score (nSPS) is 21.1. The van der Waals surface area contributed by atoms with Crippen LogP contribution in [0.3, 0.4) is 0 Å². The van der Waals surface area contributed by atoms with Crippen molar-refractivity contribution >= 4 is 23.6 Å². The second kappa shape index (κ2) is 7.55. The molecule has 0 bridgehead atoms. The van der Waals surface area contributed by atoms with Gasteiger partial charge in [-0.2, -0.15) is 11.8 Å². The van der Waals surface area contributed by atoms with Crippen molar-refractivity contribution in [1.82, 2.24) is 10.6 Å². The van der Waals surface area contributed by atoms with Gasteiger partial charge in [-0.15, -0.1) is 0 Å². The average Bonchev–Trinajstić information content (AvgIpc) is 2.76. The molecule has 6 heteroatoms. The Morgan fingerprint density at radius 1 is 1.59 bits per heavy atom. The number of amides is 1. The minimum absolute atomic E-state index is 0.146. The van der Waals surface area contributed by atoms with Crippen LogP contribution in [0.25, 0.3) is 0 Å². The molecule has 98 valence electrons. The summed E-state index contributed by atoms with van der Waals surface area (Å²) in [7, 11) is 0. The van der Waals surface area contributed by atoms with Crippen molar-refractivity contribution in [3.05, 3.63) is 0 Å². The van der Waals surface area contributed by atoms with Gasteiger partial charge < -0.3 is 15.7 Å². The summed E-state index contributed by atoms with van der Waals surface area (Å²) < 4.78 is 0. The fourth-order valence-corrected chi connectivity index (χ4v) is 2.37. The number of rotatable bonds is 7. The predicted molar refractivity (Wildman–Crippen MR) is 68.2 cm³/mol. The number of carbonyl (C=O) groups excluding carboxylic acids is 1. The summed E-state index contributed by atoms with van der Waals surface area (Å²) in [4.78, 5) is 22.6. The summed E-state index contributed by atoms with van der Waals surface area (Å²) in [5.41, 5.74) is 0. The molecule has 0 spiro atoms. The van der Waals surface area contributed by atoms with Gasteiger partial charge in [-0.3, -0.25) is 4.79 Å². The fourth-order valence-electron chi connectivity index (χ4n) is 1.90. The highest BCUT2D eigenvalue weighted by atomic mass is 32.2. The minimum atomic E-state index is -0.947. The van der Waals surface area contributed by atoms with Crippen LogP contribution in [0.2, 0.25) is 0 Å². The maximum Gasteiger partial charge on any atom is 0.326 e.